The molecule has 3 aromatic rings. The van der Waals surface area contributed by atoms with Gasteiger partial charge in [-0.2, -0.15) is 0 Å². The average Bonchev–Trinajstić information content (AvgIpc) is 3.21. The Labute approximate surface area is 162 Å². The number of aromatic amines is 1. The molecule has 1 amide bonds. The van der Waals surface area contributed by atoms with Crippen molar-refractivity contribution in [1.82, 2.24) is 14.9 Å². The van der Waals surface area contributed by atoms with Crippen LogP contribution in [0.5, 0.6) is 5.75 Å². The summed E-state index contributed by atoms with van der Waals surface area (Å²) in [5.41, 5.74) is 3.90. The van der Waals surface area contributed by atoms with E-state index in [4.69, 9.17) is 9.47 Å². The molecule has 1 atom stereocenters. The summed E-state index contributed by atoms with van der Waals surface area (Å²) >= 11 is 0. The van der Waals surface area contributed by atoms with Crippen LogP contribution >= 0.6 is 0 Å². The highest BCUT2D eigenvalue weighted by Gasteiger charge is 2.19. The number of carbonyl (C=O) groups excluding carboxylic acids is 1. The summed E-state index contributed by atoms with van der Waals surface area (Å²) in [6.45, 7) is 3.38. The van der Waals surface area contributed by atoms with E-state index in [1.54, 1.807) is 29.9 Å². The Hall–Kier alpha value is -3.06. The molecule has 2 aromatic carbocycles. The van der Waals surface area contributed by atoms with Crippen LogP contribution in [-0.4, -0.2) is 35.3 Å². The van der Waals surface area contributed by atoms with Gasteiger partial charge in [-0.25, -0.2) is 4.79 Å². The maximum Gasteiger partial charge on any atom is 0.326 e. The summed E-state index contributed by atoms with van der Waals surface area (Å²) in [5.74, 6) is 0.743. The van der Waals surface area contributed by atoms with Crippen LogP contribution in [0.25, 0.3) is 11.0 Å². The van der Waals surface area contributed by atoms with Gasteiger partial charge in [-0.3, -0.25) is 9.36 Å². The fourth-order valence-corrected chi connectivity index (χ4v) is 3.58. The topological polar surface area (TPSA) is 85.4 Å². The number of nitrogens with one attached hydrogen (secondary N) is 2. The number of methoxy groups -OCH3 is 1. The summed E-state index contributed by atoms with van der Waals surface area (Å²) in [5, 5.41) is 2.94. The smallest absolute Gasteiger partial charge is 0.326 e. The molecule has 0 bridgehead atoms. The molecule has 1 aliphatic heterocycles. The highest BCUT2D eigenvalue weighted by molar-refractivity contribution is 5.97. The predicted molar refractivity (Wildman–Crippen MR) is 106 cm³/mol. The van der Waals surface area contributed by atoms with Crippen LogP contribution in [0, 0.1) is 0 Å². The zero-order valence-corrected chi connectivity index (χ0v) is 16.0. The van der Waals surface area contributed by atoms with Crippen molar-refractivity contribution in [2.24, 2.45) is 0 Å². The number of H-pyrrole nitrogens is 1. The lowest BCUT2D eigenvalue weighted by atomic mass is 10.1. The number of hydrogen-bond donors (Lipinski definition) is 2. The van der Waals surface area contributed by atoms with Crippen LogP contribution < -0.4 is 15.7 Å². The molecule has 2 heterocycles. The number of benzene rings is 2. The molecule has 0 fully saturated rings. The predicted octanol–water partition coefficient (Wildman–Crippen LogP) is 2.23. The largest absolute Gasteiger partial charge is 0.490 e. The van der Waals surface area contributed by atoms with Crippen molar-refractivity contribution >= 4 is 16.9 Å². The fraction of sp³-hybridized carbons (Fsp3) is 0.333. The lowest BCUT2D eigenvalue weighted by Gasteiger charge is -2.08. The number of imidazole rings is 1. The molecule has 1 unspecified atom stereocenters. The van der Waals surface area contributed by atoms with E-state index < -0.39 is 0 Å². The first kappa shape index (κ1) is 18.3. The van der Waals surface area contributed by atoms with Crippen molar-refractivity contribution in [2.75, 3.05) is 13.7 Å². The van der Waals surface area contributed by atoms with E-state index in [-0.39, 0.29) is 17.7 Å². The van der Waals surface area contributed by atoms with Gasteiger partial charge in [0.2, 0.25) is 0 Å². The van der Waals surface area contributed by atoms with E-state index in [9.17, 15) is 9.59 Å². The minimum atomic E-state index is -0.209. The third-order valence-corrected chi connectivity index (χ3v) is 4.97. The van der Waals surface area contributed by atoms with Crippen LogP contribution in [0.3, 0.4) is 0 Å². The zero-order valence-electron chi connectivity index (χ0n) is 16.0. The molecule has 7 nitrogen and oxygen atoms in total. The number of amides is 1. The van der Waals surface area contributed by atoms with Gasteiger partial charge in [0, 0.05) is 25.6 Å². The van der Waals surface area contributed by atoms with Crippen LogP contribution in [-0.2, 0) is 24.2 Å². The summed E-state index contributed by atoms with van der Waals surface area (Å²) in [4.78, 5) is 27.4. The molecule has 1 aliphatic rings. The van der Waals surface area contributed by atoms with E-state index in [1.807, 2.05) is 19.1 Å². The Bertz CT molecular complexity index is 1080. The van der Waals surface area contributed by atoms with E-state index >= 15 is 0 Å². The van der Waals surface area contributed by atoms with Gasteiger partial charge in [0.1, 0.15) is 11.9 Å². The Morgan fingerprint density at radius 1 is 1.32 bits per heavy atom. The summed E-state index contributed by atoms with van der Waals surface area (Å²) < 4.78 is 12.4. The zero-order chi connectivity index (χ0) is 19.7. The van der Waals surface area contributed by atoms with Gasteiger partial charge in [0.05, 0.1) is 24.2 Å². The summed E-state index contributed by atoms with van der Waals surface area (Å²) in [7, 11) is 1.59. The molecule has 0 radical (unpaired) electrons. The second-order valence-electron chi connectivity index (χ2n) is 7.06. The van der Waals surface area contributed by atoms with E-state index in [2.05, 4.69) is 16.4 Å². The highest BCUT2D eigenvalue weighted by atomic mass is 16.5. The van der Waals surface area contributed by atoms with Crippen molar-refractivity contribution in [3.63, 3.8) is 0 Å². The molecule has 4 rings (SSSR count). The van der Waals surface area contributed by atoms with Crippen molar-refractivity contribution in [2.45, 2.75) is 32.5 Å². The van der Waals surface area contributed by atoms with Crippen LogP contribution in [0.15, 0.2) is 41.2 Å². The van der Waals surface area contributed by atoms with Crippen LogP contribution in [0.1, 0.15) is 28.4 Å². The normalized spacial score (nSPS) is 15.4. The van der Waals surface area contributed by atoms with Gasteiger partial charge in [0.15, 0.2) is 0 Å². The molecule has 2 N–H and O–H groups in total. The molecule has 146 valence electrons. The quantitative estimate of drug-likeness (QED) is 0.686. The number of ether oxygens (including phenoxy) is 2. The molecule has 0 aliphatic carbocycles. The fourth-order valence-electron chi connectivity index (χ4n) is 3.58. The first-order chi connectivity index (χ1) is 13.5. The third-order valence-electron chi connectivity index (χ3n) is 4.97. The number of aromatic nitrogens is 2. The maximum atomic E-state index is 12.6. The molecular formula is C21H23N3O4. The highest BCUT2D eigenvalue weighted by Crippen LogP contribution is 2.29. The monoisotopic (exact) mass is 381 g/mol. The van der Waals surface area contributed by atoms with E-state index in [0.717, 1.165) is 23.3 Å². The Balaban J connectivity index is 1.47. The van der Waals surface area contributed by atoms with Crippen LogP contribution in [0.2, 0.25) is 0 Å². The van der Waals surface area contributed by atoms with Crippen molar-refractivity contribution < 1.29 is 14.3 Å². The minimum absolute atomic E-state index is 0.183. The van der Waals surface area contributed by atoms with Crippen LogP contribution in [0.4, 0.5) is 0 Å². The SMILES string of the molecule is COCCn1c(=O)[nH]c2cc(C(=O)NCc3ccc4c(c3)CC(C)O4)ccc21. The summed E-state index contributed by atoms with van der Waals surface area (Å²) in [6.07, 6.45) is 1.09. The lowest BCUT2D eigenvalue weighted by molar-refractivity contribution is 0.0951. The van der Waals surface area contributed by atoms with E-state index in [1.165, 1.54) is 5.56 Å². The Morgan fingerprint density at radius 3 is 3.00 bits per heavy atom. The first-order valence-corrected chi connectivity index (χ1v) is 9.33. The van der Waals surface area contributed by atoms with Gasteiger partial charge >= 0.3 is 5.69 Å². The second-order valence-corrected chi connectivity index (χ2v) is 7.06. The molecular weight excluding hydrogens is 358 g/mol. The van der Waals surface area contributed by atoms with Crippen molar-refractivity contribution in [1.29, 1.82) is 0 Å². The van der Waals surface area contributed by atoms with Gasteiger partial charge in [-0.15, -0.1) is 0 Å². The molecule has 0 spiro atoms. The Kier molecular flexibility index (Phi) is 4.92. The third kappa shape index (κ3) is 3.53. The van der Waals surface area contributed by atoms with E-state index in [0.29, 0.717) is 30.8 Å². The Morgan fingerprint density at radius 2 is 2.18 bits per heavy atom. The molecule has 28 heavy (non-hydrogen) atoms. The maximum absolute atomic E-state index is 12.6. The minimum Gasteiger partial charge on any atom is -0.490 e. The van der Waals surface area contributed by atoms with Gasteiger partial charge < -0.3 is 19.8 Å². The van der Waals surface area contributed by atoms with Gasteiger partial charge in [-0.05, 0) is 42.3 Å². The average molecular weight is 381 g/mol. The molecule has 0 saturated heterocycles. The number of nitrogens with zero attached hydrogens (tertiary/aromatic N) is 1. The van der Waals surface area contributed by atoms with Crippen molar-refractivity contribution in [3.8, 4) is 5.75 Å². The van der Waals surface area contributed by atoms with Crippen molar-refractivity contribution in [3.05, 3.63) is 63.6 Å². The molecule has 0 saturated carbocycles. The second kappa shape index (κ2) is 7.52. The number of hydrogen-bond acceptors (Lipinski definition) is 4. The first-order valence-electron chi connectivity index (χ1n) is 9.33. The lowest BCUT2D eigenvalue weighted by Crippen LogP contribution is -2.22. The standard InChI is InChI=1S/C21H23N3O4/c1-13-9-16-10-14(3-6-19(16)28-13)12-22-20(25)15-4-5-18-17(11-15)23-21(26)24(18)7-8-27-2/h3-6,10-11,13H,7-9,12H2,1-2H3,(H,22,25)(H,23,26). The van der Waals surface area contributed by atoms with Gasteiger partial charge in [-0.1, -0.05) is 12.1 Å². The molecule has 1 aromatic heterocycles. The number of rotatable bonds is 6. The number of carbonyl (C=O) groups is 1. The van der Waals surface area contributed by atoms with Gasteiger partial charge in [0.25, 0.3) is 5.91 Å². The molecule has 7 heteroatoms. The summed E-state index contributed by atoms with van der Waals surface area (Å²) in [6, 6.07) is 11.2. The number of fused-ring (bicyclic) bond motifs is 2.